The highest BCUT2D eigenvalue weighted by Gasteiger charge is 2.52. The Morgan fingerprint density at radius 2 is 0.947 bits per heavy atom. The van der Waals surface area contributed by atoms with Gasteiger partial charge >= 0.3 is 0 Å². The normalized spacial score (nSPS) is 15.8. The van der Waals surface area contributed by atoms with Crippen LogP contribution in [0.15, 0.2) is 121 Å². The molecule has 38 heavy (non-hydrogen) atoms. The van der Waals surface area contributed by atoms with Gasteiger partial charge in [0.1, 0.15) is 24.7 Å². The molecular weight excluding hydrogens is 476 g/mol. The van der Waals surface area contributed by atoms with Crippen molar-refractivity contribution in [3.05, 3.63) is 132 Å². The number of rotatable bonds is 10. The minimum atomic E-state index is -0.558. The predicted octanol–water partition coefficient (Wildman–Crippen LogP) is 6.22. The molecule has 4 aromatic carbocycles. The molecule has 0 bridgehead atoms. The molecule has 1 aliphatic carbocycles. The number of ether oxygens (including phenoxy) is 2. The molecule has 5 rings (SSSR count). The molecule has 4 aromatic rings. The maximum Gasteiger partial charge on any atom is 0.232 e. The largest absolute Gasteiger partial charge is 0.489 e. The van der Waals surface area contributed by atoms with E-state index in [1.54, 1.807) is 48.5 Å². The SMILES string of the molecule is C=C1C(C(=O)Nc2ccc(OCc3ccccc3)cc2)C1C(=O)Nc1ccc(OCc2ccccc2)cc1. The van der Waals surface area contributed by atoms with E-state index in [2.05, 4.69) is 17.2 Å². The van der Waals surface area contributed by atoms with Gasteiger partial charge < -0.3 is 20.1 Å². The second-order valence-electron chi connectivity index (χ2n) is 9.11. The summed E-state index contributed by atoms with van der Waals surface area (Å²) >= 11 is 0. The number of nitrogens with one attached hydrogen (secondary N) is 2. The van der Waals surface area contributed by atoms with Crippen molar-refractivity contribution in [1.29, 1.82) is 0 Å². The number of amides is 2. The van der Waals surface area contributed by atoms with Crippen molar-refractivity contribution in [3.63, 3.8) is 0 Å². The number of carbonyl (C=O) groups excluding carboxylic acids is 2. The third kappa shape index (κ3) is 6.28. The van der Waals surface area contributed by atoms with E-state index < -0.39 is 11.8 Å². The summed E-state index contributed by atoms with van der Waals surface area (Å²) < 4.78 is 11.6. The quantitative estimate of drug-likeness (QED) is 0.251. The van der Waals surface area contributed by atoms with Crippen molar-refractivity contribution >= 4 is 23.2 Å². The molecule has 2 amide bonds. The second-order valence-corrected chi connectivity index (χ2v) is 9.11. The predicted molar refractivity (Wildman–Crippen MR) is 148 cm³/mol. The third-order valence-electron chi connectivity index (χ3n) is 6.33. The van der Waals surface area contributed by atoms with Crippen LogP contribution in [0.3, 0.4) is 0 Å². The molecule has 0 aromatic heterocycles. The van der Waals surface area contributed by atoms with Crippen LogP contribution in [0.4, 0.5) is 11.4 Å². The van der Waals surface area contributed by atoms with E-state index in [4.69, 9.17) is 9.47 Å². The lowest BCUT2D eigenvalue weighted by molar-refractivity contribution is -0.122. The van der Waals surface area contributed by atoms with Gasteiger partial charge in [0.05, 0.1) is 11.8 Å². The zero-order valence-electron chi connectivity index (χ0n) is 20.8. The Kier molecular flexibility index (Phi) is 7.50. The number of carbonyl (C=O) groups is 2. The van der Waals surface area contributed by atoms with Crippen LogP contribution in [0, 0.1) is 11.8 Å². The van der Waals surface area contributed by atoms with E-state index >= 15 is 0 Å². The molecule has 1 saturated carbocycles. The Morgan fingerprint density at radius 1 is 0.579 bits per heavy atom. The summed E-state index contributed by atoms with van der Waals surface area (Å²) in [6, 6.07) is 34.1. The van der Waals surface area contributed by atoms with Gasteiger partial charge in [-0.1, -0.05) is 72.8 Å². The monoisotopic (exact) mass is 504 g/mol. The number of anilines is 2. The number of hydrogen-bond donors (Lipinski definition) is 2. The molecule has 0 aliphatic heterocycles. The first-order valence-electron chi connectivity index (χ1n) is 12.4. The van der Waals surface area contributed by atoms with E-state index in [0.717, 1.165) is 11.1 Å². The summed E-state index contributed by atoms with van der Waals surface area (Å²) in [6.07, 6.45) is 0. The van der Waals surface area contributed by atoms with Gasteiger partial charge in [0.25, 0.3) is 0 Å². The van der Waals surface area contributed by atoms with Crippen LogP contribution in [0.1, 0.15) is 11.1 Å². The highest BCUT2D eigenvalue weighted by atomic mass is 16.5. The van der Waals surface area contributed by atoms with E-state index in [0.29, 0.717) is 41.7 Å². The molecular formula is C32H28N2O4. The minimum Gasteiger partial charge on any atom is -0.489 e. The molecule has 2 unspecified atom stereocenters. The Labute approximate surface area is 221 Å². The highest BCUT2D eigenvalue weighted by molar-refractivity contribution is 6.08. The standard InChI is InChI=1S/C32H28N2O4/c1-22-29(31(35)33-25-12-16-27(17-13-25)37-20-23-8-4-2-5-9-23)30(22)32(36)34-26-14-18-28(19-15-26)38-21-24-10-6-3-7-11-24/h2-19,29-30H,1,20-21H2,(H,33,35)(H,34,36). The Balaban J connectivity index is 1.09. The first-order valence-corrected chi connectivity index (χ1v) is 12.4. The Bertz CT molecular complexity index is 1290. The number of hydrogen-bond acceptors (Lipinski definition) is 4. The summed E-state index contributed by atoms with van der Waals surface area (Å²) in [4.78, 5) is 25.6. The van der Waals surface area contributed by atoms with Crippen LogP contribution in [0.25, 0.3) is 0 Å². The first-order chi connectivity index (χ1) is 18.6. The van der Waals surface area contributed by atoms with Crippen LogP contribution in [-0.2, 0) is 22.8 Å². The summed E-state index contributed by atoms with van der Waals surface area (Å²) in [5, 5.41) is 5.73. The molecule has 6 nitrogen and oxygen atoms in total. The van der Waals surface area contributed by atoms with Crippen molar-refractivity contribution in [2.24, 2.45) is 11.8 Å². The fourth-order valence-corrected chi connectivity index (χ4v) is 4.15. The third-order valence-corrected chi connectivity index (χ3v) is 6.33. The van der Waals surface area contributed by atoms with Crippen LogP contribution in [-0.4, -0.2) is 11.8 Å². The minimum absolute atomic E-state index is 0.252. The van der Waals surface area contributed by atoms with Gasteiger partial charge in [-0.05, 0) is 59.7 Å². The van der Waals surface area contributed by atoms with Gasteiger partial charge in [0, 0.05) is 11.4 Å². The molecule has 0 heterocycles. The van der Waals surface area contributed by atoms with Gasteiger partial charge in [0.2, 0.25) is 11.8 Å². The molecule has 0 radical (unpaired) electrons. The average molecular weight is 505 g/mol. The molecule has 0 saturated heterocycles. The Morgan fingerprint density at radius 3 is 1.32 bits per heavy atom. The molecule has 190 valence electrons. The van der Waals surface area contributed by atoms with E-state index in [1.807, 2.05) is 60.7 Å². The van der Waals surface area contributed by atoms with Crippen LogP contribution in [0.2, 0.25) is 0 Å². The van der Waals surface area contributed by atoms with Crippen LogP contribution >= 0.6 is 0 Å². The van der Waals surface area contributed by atoms with Gasteiger partial charge in [-0.3, -0.25) is 9.59 Å². The maximum absolute atomic E-state index is 12.8. The Hall–Kier alpha value is -4.84. The fraction of sp³-hybridized carbons (Fsp3) is 0.125. The molecule has 0 spiro atoms. The molecule has 2 N–H and O–H groups in total. The first kappa shape index (κ1) is 24.8. The zero-order valence-corrected chi connectivity index (χ0v) is 20.8. The smallest absolute Gasteiger partial charge is 0.232 e. The summed E-state index contributed by atoms with van der Waals surface area (Å²) in [6.45, 7) is 4.86. The molecule has 2 atom stereocenters. The topological polar surface area (TPSA) is 76.7 Å². The maximum atomic E-state index is 12.8. The molecule has 1 fully saturated rings. The summed E-state index contributed by atoms with van der Waals surface area (Å²) in [7, 11) is 0. The van der Waals surface area contributed by atoms with Crippen molar-refractivity contribution in [2.45, 2.75) is 13.2 Å². The van der Waals surface area contributed by atoms with E-state index in [9.17, 15) is 9.59 Å². The second kappa shape index (κ2) is 11.5. The molecule has 1 aliphatic rings. The van der Waals surface area contributed by atoms with Gasteiger partial charge in [0.15, 0.2) is 0 Å². The lowest BCUT2D eigenvalue weighted by Gasteiger charge is -2.09. The van der Waals surface area contributed by atoms with Crippen molar-refractivity contribution in [3.8, 4) is 11.5 Å². The lowest BCUT2D eigenvalue weighted by Crippen LogP contribution is -2.20. The van der Waals surface area contributed by atoms with Crippen LogP contribution in [0.5, 0.6) is 11.5 Å². The van der Waals surface area contributed by atoms with Gasteiger partial charge in [-0.2, -0.15) is 0 Å². The lowest BCUT2D eigenvalue weighted by atomic mass is 10.2. The fourth-order valence-electron chi connectivity index (χ4n) is 4.15. The van der Waals surface area contributed by atoms with Crippen molar-refractivity contribution in [2.75, 3.05) is 10.6 Å². The summed E-state index contributed by atoms with van der Waals surface area (Å²) in [5.41, 5.74) is 4.02. The summed E-state index contributed by atoms with van der Waals surface area (Å²) in [5.74, 6) is -0.210. The zero-order chi connectivity index (χ0) is 26.3. The van der Waals surface area contributed by atoms with Gasteiger partial charge in [-0.15, -0.1) is 0 Å². The van der Waals surface area contributed by atoms with Crippen LogP contribution < -0.4 is 20.1 Å². The van der Waals surface area contributed by atoms with Gasteiger partial charge in [-0.25, -0.2) is 0 Å². The van der Waals surface area contributed by atoms with E-state index in [-0.39, 0.29) is 11.8 Å². The van der Waals surface area contributed by atoms with Crippen molar-refractivity contribution in [1.82, 2.24) is 0 Å². The number of benzene rings is 4. The van der Waals surface area contributed by atoms with E-state index in [1.165, 1.54) is 0 Å². The highest BCUT2D eigenvalue weighted by Crippen LogP contribution is 2.45. The van der Waals surface area contributed by atoms with Crippen molar-refractivity contribution < 1.29 is 19.1 Å². The average Bonchev–Trinajstić information content (AvgIpc) is 3.64. The molecule has 6 heteroatoms.